The maximum absolute atomic E-state index is 12.3. The molecule has 0 heterocycles. The average Bonchev–Trinajstić information content (AvgIpc) is 3.38. The Balaban J connectivity index is 2.18. The van der Waals surface area contributed by atoms with E-state index in [4.69, 9.17) is 0 Å². The number of carboxylic acid groups (broad SMARTS) is 2. The van der Waals surface area contributed by atoms with Gasteiger partial charge in [0.15, 0.2) is 0 Å². The van der Waals surface area contributed by atoms with Crippen LogP contribution in [0, 0.1) is 0 Å². The number of carbonyl (C=O) groups is 2. The van der Waals surface area contributed by atoms with Gasteiger partial charge in [0.2, 0.25) is 0 Å². The van der Waals surface area contributed by atoms with E-state index in [1.165, 1.54) is 18.4 Å². The molecule has 34 heavy (non-hydrogen) atoms. The maximum Gasteiger partial charge on any atom is 0.336 e. The third kappa shape index (κ3) is 4.37. The molecule has 3 aromatic carbocycles. The predicted octanol–water partition coefficient (Wildman–Crippen LogP) is 7.59. The molecule has 176 valence electrons. The van der Waals surface area contributed by atoms with E-state index < -0.39 is 11.9 Å². The molecular weight excluding hydrogens is 424 g/mol. The smallest absolute Gasteiger partial charge is 0.336 e. The van der Waals surface area contributed by atoms with Crippen LogP contribution in [-0.4, -0.2) is 22.2 Å². The van der Waals surface area contributed by atoms with Crippen molar-refractivity contribution in [3.8, 4) is 22.3 Å². The molecule has 0 aromatic heterocycles. The second-order valence-corrected chi connectivity index (χ2v) is 9.14. The lowest BCUT2D eigenvalue weighted by Gasteiger charge is -2.26. The van der Waals surface area contributed by atoms with Gasteiger partial charge in [0.05, 0.1) is 11.1 Å². The average molecular weight is 457 g/mol. The monoisotopic (exact) mass is 456 g/mol. The Labute approximate surface area is 201 Å². The van der Waals surface area contributed by atoms with Crippen LogP contribution in [0.25, 0.3) is 22.3 Å². The van der Waals surface area contributed by atoms with Crippen molar-refractivity contribution in [2.45, 2.75) is 64.7 Å². The molecule has 0 radical (unpaired) electrons. The topological polar surface area (TPSA) is 74.6 Å². The van der Waals surface area contributed by atoms with E-state index in [0.29, 0.717) is 17.0 Å². The molecule has 1 saturated carbocycles. The Kier molecular flexibility index (Phi) is 7.16. The van der Waals surface area contributed by atoms with Gasteiger partial charge in [-0.2, -0.15) is 0 Å². The second kappa shape index (κ2) is 10.3. The summed E-state index contributed by atoms with van der Waals surface area (Å²) >= 11 is 0. The first kappa shape index (κ1) is 23.7. The highest BCUT2D eigenvalue weighted by molar-refractivity contribution is 6.04. The predicted molar refractivity (Wildman–Crippen MR) is 136 cm³/mol. The quantitative estimate of drug-likeness (QED) is 0.366. The van der Waals surface area contributed by atoms with Crippen LogP contribution in [0.15, 0.2) is 54.6 Å². The summed E-state index contributed by atoms with van der Waals surface area (Å²) in [6.45, 7) is 4.24. The number of hydrogen-bond donors (Lipinski definition) is 2. The number of benzene rings is 3. The van der Waals surface area contributed by atoms with Crippen molar-refractivity contribution in [2.24, 2.45) is 0 Å². The standard InChI is InChI=1S/C30H32O4/c1-3-11-20-18-26(19-12-5-6-13-19)21(4-2)28(23-15-8-10-17-25(23)30(33)34)27(20)22-14-7-9-16-24(22)29(31)32/h7-10,14-19H,3-6,11-13H2,1-2H3,(H,31,32)(H,33,34). The van der Waals surface area contributed by atoms with Gasteiger partial charge in [-0.25, -0.2) is 9.59 Å². The van der Waals surface area contributed by atoms with Gasteiger partial charge in [-0.3, -0.25) is 0 Å². The van der Waals surface area contributed by atoms with E-state index in [9.17, 15) is 19.8 Å². The number of hydrogen-bond acceptors (Lipinski definition) is 2. The zero-order chi connectivity index (χ0) is 24.2. The van der Waals surface area contributed by atoms with Crippen molar-refractivity contribution in [1.82, 2.24) is 0 Å². The van der Waals surface area contributed by atoms with Crippen LogP contribution < -0.4 is 0 Å². The van der Waals surface area contributed by atoms with E-state index in [2.05, 4.69) is 19.9 Å². The van der Waals surface area contributed by atoms with E-state index in [1.807, 2.05) is 24.3 Å². The Hall–Kier alpha value is -3.40. The van der Waals surface area contributed by atoms with Crippen LogP contribution in [0.1, 0.15) is 89.3 Å². The Morgan fingerprint density at radius 1 is 0.824 bits per heavy atom. The van der Waals surface area contributed by atoms with E-state index in [1.54, 1.807) is 24.3 Å². The number of aryl methyl sites for hydroxylation is 1. The summed E-state index contributed by atoms with van der Waals surface area (Å²) in [4.78, 5) is 24.5. The Morgan fingerprint density at radius 2 is 1.35 bits per heavy atom. The molecule has 4 rings (SSSR count). The van der Waals surface area contributed by atoms with E-state index >= 15 is 0 Å². The molecule has 3 aromatic rings. The molecule has 1 fully saturated rings. The van der Waals surface area contributed by atoms with E-state index in [0.717, 1.165) is 54.4 Å². The van der Waals surface area contributed by atoms with Gasteiger partial charge in [-0.1, -0.05) is 75.6 Å². The first-order valence-corrected chi connectivity index (χ1v) is 12.3. The van der Waals surface area contributed by atoms with Gasteiger partial charge in [-0.05, 0) is 82.7 Å². The van der Waals surface area contributed by atoms with Gasteiger partial charge in [0.1, 0.15) is 0 Å². The minimum absolute atomic E-state index is 0.240. The van der Waals surface area contributed by atoms with Crippen molar-refractivity contribution < 1.29 is 19.8 Å². The van der Waals surface area contributed by atoms with Crippen molar-refractivity contribution in [3.05, 3.63) is 82.4 Å². The fraction of sp³-hybridized carbons (Fsp3) is 0.333. The van der Waals surface area contributed by atoms with Crippen LogP contribution in [-0.2, 0) is 12.8 Å². The summed E-state index contributed by atoms with van der Waals surface area (Å²) in [5.74, 6) is -1.49. The summed E-state index contributed by atoms with van der Waals surface area (Å²) in [5, 5.41) is 20.1. The fourth-order valence-electron chi connectivity index (χ4n) is 5.63. The minimum Gasteiger partial charge on any atom is -0.478 e. The van der Waals surface area contributed by atoms with Crippen molar-refractivity contribution >= 4 is 11.9 Å². The molecule has 0 unspecified atom stereocenters. The third-order valence-electron chi connectivity index (χ3n) is 7.07. The van der Waals surface area contributed by atoms with Crippen molar-refractivity contribution in [1.29, 1.82) is 0 Å². The van der Waals surface area contributed by atoms with Crippen LogP contribution in [0.2, 0.25) is 0 Å². The molecule has 1 aliphatic carbocycles. The van der Waals surface area contributed by atoms with Crippen LogP contribution in [0.3, 0.4) is 0 Å². The molecule has 0 amide bonds. The molecule has 2 N–H and O–H groups in total. The lowest BCUT2D eigenvalue weighted by Crippen LogP contribution is -2.10. The lowest BCUT2D eigenvalue weighted by atomic mass is 9.77. The number of carboxylic acids is 2. The highest BCUT2D eigenvalue weighted by Gasteiger charge is 2.28. The molecule has 4 nitrogen and oxygen atoms in total. The summed E-state index contributed by atoms with van der Waals surface area (Å²) in [6, 6.07) is 16.5. The summed E-state index contributed by atoms with van der Waals surface area (Å²) in [7, 11) is 0. The lowest BCUT2D eigenvalue weighted by molar-refractivity contribution is 0.0686. The fourth-order valence-corrected chi connectivity index (χ4v) is 5.63. The van der Waals surface area contributed by atoms with Crippen molar-refractivity contribution in [3.63, 3.8) is 0 Å². The largest absolute Gasteiger partial charge is 0.478 e. The molecule has 0 atom stereocenters. The molecule has 0 saturated heterocycles. The Morgan fingerprint density at radius 3 is 1.85 bits per heavy atom. The Bertz CT molecular complexity index is 1220. The molecule has 1 aliphatic rings. The number of rotatable bonds is 8. The summed E-state index contributed by atoms with van der Waals surface area (Å²) in [5.41, 5.74) is 7.13. The maximum atomic E-state index is 12.3. The van der Waals surface area contributed by atoms with Crippen molar-refractivity contribution in [2.75, 3.05) is 0 Å². The summed E-state index contributed by atoms with van der Waals surface area (Å²) < 4.78 is 0. The SMILES string of the molecule is CCCc1cc(C2CCCC2)c(CC)c(-c2ccccc2C(=O)O)c1-c1ccccc1C(=O)O. The summed E-state index contributed by atoms with van der Waals surface area (Å²) in [6.07, 6.45) is 7.17. The van der Waals surface area contributed by atoms with Crippen LogP contribution >= 0.6 is 0 Å². The van der Waals surface area contributed by atoms with Gasteiger partial charge < -0.3 is 10.2 Å². The minimum atomic E-state index is -0.978. The zero-order valence-corrected chi connectivity index (χ0v) is 19.9. The first-order chi connectivity index (χ1) is 16.5. The van der Waals surface area contributed by atoms with Gasteiger partial charge in [0.25, 0.3) is 0 Å². The van der Waals surface area contributed by atoms with Crippen LogP contribution in [0.4, 0.5) is 0 Å². The molecule has 0 bridgehead atoms. The highest BCUT2D eigenvalue weighted by Crippen LogP contribution is 2.46. The third-order valence-corrected chi connectivity index (χ3v) is 7.07. The van der Waals surface area contributed by atoms with Crippen LogP contribution in [0.5, 0.6) is 0 Å². The molecule has 0 aliphatic heterocycles. The van der Waals surface area contributed by atoms with Gasteiger partial charge in [0, 0.05) is 0 Å². The van der Waals surface area contributed by atoms with Gasteiger partial charge in [-0.15, -0.1) is 0 Å². The molecular formula is C30H32O4. The highest BCUT2D eigenvalue weighted by atomic mass is 16.4. The molecule has 0 spiro atoms. The zero-order valence-electron chi connectivity index (χ0n) is 19.9. The van der Waals surface area contributed by atoms with Gasteiger partial charge >= 0.3 is 11.9 Å². The van der Waals surface area contributed by atoms with E-state index in [-0.39, 0.29) is 11.1 Å². The normalized spacial score (nSPS) is 13.8. The second-order valence-electron chi connectivity index (χ2n) is 9.14. The molecule has 4 heteroatoms. The first-order valence-electron chi connectivity index (χ1n) is 12.3. The number of aromatic carboxylic acids is 2.